The monoisotopic (exact) mass is 362 g/mol. The van der Waals surface area contributed by atoms with Crippen LogP contribution in [-0.4, -0.2) is 29.7 Å². The van der Waals surface area contributed by atoms with Crippen LogP contribution >= 0.6 is 15.9 Å². The van der Waals surface area contributed by atoms with Crippen molar-refractivity contribution in [1.82, 2.24) is 19.5 Å². The summed E-state index contributed by atoms with van der Waals surface area (Å²) >= 11 is 2.97. The smallest absolute Gasteiger partial charge is 0.240 e. The summed E-state index contributed by atoms with van der Waals surface area (Å²) in [5, 5.41) is 7.54. The van der Waals surface area contributed by atoms with Crippen LogP contribution in [0, 0.1) is 5.82 Å². The number of aromatic nitrogens is 3. The van der Waals surface area contributed by atoms with Crippen LogP contribution in [-0.2, 0) is 23.5 Å². The first-order chi connectivity index (χ1) is 9.40. The molecule has 0 atom stereocenters. The largest absolute Gasteiger partial charge is 0.321 e. The molecule has 0 spiro atoms. The van der Waals surface area contributed by atoms with Crippen LogP contribution in [0.15, 0.2) is 33.9 Å². The van der Waals surface area contributed by atoms with E-state index >= 15 is 0 Å². The molecule has 0 radical (unpaired) electrons. The number of rotatable bonds is 5. The van der Waals surface area contributed by atoms with E-state index in [1.807, 2.05) is 0 Å². The van der Waals surface area contributed by atoms with E-state index < -0.39 is 15.8 Å². The maximum absolute atomic E-state index is 13.3. The van der Waals surface area contributed by atoms with E-state index in [0.717, 1.165) is 6.07 Å². The van der Waals surface area contributed by atoms with Crippen LogP contribution in [0.1, 0.15) is 5.82 Å². The zero-order valence-corrected chi connectivity index (χ0v) is 12.9. The molecule has 0 saturated carbocycles. The van der Waals surface area contributed by atoms with Crippen molar-refractivity contribution in [3.05, 3.63) is 40.6 Å². The number of halogens is 2. The lowest BCUT2D eigenvalue weighted by Crippen LogP contribution is -2.26. The van der Waals surface area contributed by atoms with Gasteiger partial charge in [0.25, 0.3) is 0 Å². The quantitative estimate of drug-likeness (QED) is 0.867. The highest BCUT2D eigenvalue weighted by molar-refractivity contribution is 9.10. The number of hydrogen-bond donors (Lipinski definition) is 1. The summed E-state index contributed by atoms with van der Waals surface area (Å²) in [4.78, 5) is -0.115. The summed E-state index contributed by atoms with van der Waals surface area (Å²) in [6.07, 6.45) is 1.93. The number of nitrogens with zero attached hydrogens (tertiary/aromatic N) is 3. The number of sulfonamides is 1. The minimum atomic E-state index is -3.73. The first kappa shape index (κ1) is 15.1. The molecule has 1 heterocycles. The molecular weight excluding hydrogens is 351 g/mol. The van der Waals surface area contributed by atoms with Crippen molar-refractivity contribution in [3.8, 4) is 0 Å². The van der Waals surface area contributed by atoms with Gasteiger partial charge in [-0.2, -0.15) is 0 Å². The molecule has 20 heavy (non-hydrogen) atoms. The van der Waals surface area contributed by atoms with E-state index in [1.54, 1.807) is 11.6 Å². The van der Waals surface area contributed by atoms with Gasteiger partial charge in [-0.15, -0.1) is 10.2 Å². The molecule has 1 aromatic carbocycles. The highest BCUT2D eigenvalue weighted by Crippen LogP contribution is 2.19. The fraction of sp³-hybridized carbons (Fsp3) is 0.273. The highest BCUT2D eigenvalue weighted by atomic mass is 79.9. The van der Waals surface area contributed by atoms with Gasteiger partial charge in [0.1, 0.15) is 18.0 Å². The standard InChI is InChI=1S/C11H12BrFN4O2S/c1-17-7-14-16-11(17)4-5-15-20(18,19)8-2-3-9(12)10(13)6-8/h2-3,6-7,15H,4-5H2,1H3. The summed E-state index contributed by atoms with van der Waals surface area (Å²) < 4.78 is 41.6. The van der Waals surface area contributed by atoms with Crippen molar-refractivity contribution < 1.29 is 12.8 Å². The summed E-state index contributed by atoms with van der Waals surface area (Å²) in [6.45, 7) is 0.159. The van der Waals surface area contributed by atoms with E-state index in [4.69, 9.17) is 0 Å². The molecule has 0 bridgehead atoms. The van der Waals surface area contributed by atoms with Crippen LogP contribution in [0.5, 0.6) is 0 Å². The molecule has 6 nitrogen and oxygen atoms in total. The molecule has 0 fully saturated rings. The van der Waals surface area contributed by atoms with Crippen LogP contribution < -0.4 is 4.72 Å². The molecule has 0 unspecified atom stereocenters. The van der Waals surface area contributed by atoms with Gasteiger partial charge in [-0.05, 0) is 34.1 Å². The van der Waals surface area contributed by atoms with E-state index in [-0.39, 0.29) is 15.9 Å². The average molecular weight is 363 g/mol. The second-order valence-corrected chi connectivity index (χ2v) is 6.70. The Labute approximate surface area is 124 Å². The summed E-state index contributed by atoms with van der Waals surface area (Å²) in [5.74, 6) is 0.0378. The van der Waals surface area contributed by atoms with Gasteiger partial charge in [-0.1, -0.05) is 0 Å². The molecule has 1 N–H and O–H groups in total. The molecule has 9 heteroatoms. The highest BCUT2D eigenvalue weighted by Gasteiger charge is 2.15. The Morgan fingerprint density at radius 1 is 1.45 bits per heavy atom. The second kappa shape index (κ2) is 5.98. The first-order valence-corrected chi connectivity index (χ1v) is 7.95. The molecule has 0 aliphatic carbocycles. The SMILES string of the molecule is Cn1cnnc1CCNS(=O)(=O)c1ccc(Br)c(F)c1. The Bertz CT molecular complexity index is 717. The van der Waals surface area contributed by atoms with Crippen LogP contribution in [0.25, 0.3) is 0 Å². The molecule has 108 valence electrons. The Morgan fingerprint density at radius 3 is 2.80 bits per heavy atom. The van der Waals surface area contributed by atoms with Gasteiger partial charge in [-0.3, -0.25) is 0 Å². The molecular formula is C11H12BrFN4O2S. The minimum absolute atomic E-state index is 0.115. The maximum atomic E-state index is 13.3. The van der Waals surface area contributed by atoms with Crippen LogP contribution in [0.2, 0.25) is 0 Å². The third-order valence-corrected chi connectivity index (χ3v) is 4.75. The topological polar surface area (TPSA) is 76.9 Å². The maximum Gasteiger partial charge on any atom is 0.240 e. The molecule has 0 saturated heterocycles. The van der Waals surface area contributed by atoms with Crippen LogP contribution in [0.3, 0.4) is 0 Å². The average Bonchev–Trinajstić information content (AvgIpc) is 2.78. The number of nitrogens with one attached hydrogen (secondary N) is 1. The van der Waals surface area contributed by atoms with Crippen molar-refractivity contribution in [1.29, 1.82) is 0 Å². The molecule has 0 amide bonds. The molecule has 0 aliphatic rings. The van der Waals surface area contributed by atoms with Gasteiger partial charge in [0.15, 0.2) is 0 Å². The Morgan fingerprint density at radius 2 is 2.20 bits per heavy atom. The number of hydrogen-bond acceptors (Lipinski definition) is 4. The lowest BCUT2D eigenvalue weighted by Gasteiger charge is -2.07. The molecule has 2 aromatic rings. The van der Waals surface area contributed by atoms with Gasteiger partial charge >= 0.3 is 0 Å². The van der Waals surface area contributed by atoms with Crippen molar-refractivity contribution >= 4 is 26.0 Å². The van der Waals surface area contributed by atoms with Crippen molar-refractivity contribution in [2.24, 2.45) is 7.05 Å². The van der Waals surface area contributed by atoms with Gasteiger partial charge in [0.05, 0.1) is 9.37 Å². The van der Waals surface area contributed by atoms with Gasteiger partial charge in [0.2, 0.25) is 10.0 Å². The molecule has 0 aliphatic heterocycles. The van der Waals surface area contributed by atoms with Gasteiger partial charge in [-0.25, -0.2) is 17.5 Å². The van der Waals surface area contributed by atoms with Crippen LogP contribution in [0.4, 0.5) is 4.39 Å². The van der Waals surface area contributed by atoms with E-state index in [9.17, 15) is 12.8 Å². The number of aryl methyl sites for hydroxylation is 1. The predicted octanol–water partition coefficient (Wildman–Crippen LogP) is 1.24. The predicted molar refractivity (Wildman–Crippen MR) is 74.0 cm³/mol. The van der Waals surface area contributed by atoms with E-state index in [2.05, 4.69) is 30.8 Å². The molecule has 2 rings (SSSR count). The van der Waals surface area contributed by atoms with E-state index in [0.29, 0.717) is 12.2 Å². The van der Waals surface area contributed by atoms with Crippen molar-refractivity contribution in [3.63, 3.8) is 0 Å². The first-order valence-electron chi connectivity index (χ1n) is 5.68. The van der Waals surface area contributed by atoms with Gasteiger partial charge in [0, 0.05) is 20.0 Å². The Kier molecular flexibility index (Phi) is 4.51. The van der Waals surface area contributed by atoms with Crippen molar-refractivity contribution in [2.75, 3.05) is 6.54 Å². The Hall–Kier alpha value is -1.32. The Balaban J connectivity index is 2.04. The summed E-state index contributed by atoms with van der Waals surface area (Å²) in [6, 6.07) is 3.65. The zero-order chi connectivity index (χ0) is 14.8. The normalized spacial score (nSPS) is 11.8. The number of benzene rings is 1. The van der Waals surface area contributed by atoms with E-state index in [1.165, 1.54) is 18.5 Å². The van der Waals surface area contributed by atoms with Crippen molar-refractivity contribution in [2.45, 2.75) is 11.3 Å². The lowest BCUT2D eigenvalue weighted by atomic mass is 10.3. The fourth-order valence-electron chi connectivity index (χ4n) is 1.56. The second-order valence-electron chi connectivity index (χ2n) is 4.08. The minimum Gasteiger partial charge on any atom is -0.321 e. The lowest BCUT2D eigenvalue weighted by molar-refractivity contribution is 0.575. The third kappa shape index (κ3) is 3.41. The molecule has 1 aromatic heterocycles. The van der Waals surface area contributed by atoms with Gasteiger partial charge < -0.3 is 4.57 Å². The third-order valence-electron chi connectivity index (χ3n) is 2.65. The fourth-order valence-corrected chi connectivity index (χ4v) is 2.85. The summed E-state index contributed by atoms with van der Waals surface area (Å²) in [5.41, 5.74) is 0. The summed E-state index contributed by atoms with van der Waals surface area (Å²) in [7, 11) is -1.96. The zero-order valence-electron chi connectivity index (χ0n) is 10.5.